The Labute approximate surface area is 174 Å². The van der Waals surface area contributed by atoms with Gasteiger partial charge in [0.15, 0.2) is 11.5 Å². The van der Waals surface area contributed by atoms with Crippen molar-refractivity contribution in [3.63, 3.8) is 0 Å². The van der Waals surface area contributed by atoms with Crippen LogP contribution in [0.25, 0.3) is 0 Å². The van der Waals surface area contributed by atoms with Gasteiger partial charge in [-0.3, -0.25) is 4.79 Å². The monoisotopic (exact) mass is 440 g/mol. The van der Waals surface area contributed by atoms with E-state index in [0.29, 0.717) is 17.9 Å². The van der Waals surface area contributed by atoms with Gasteiger partial charge in [-0.15, -0.1) is 6.42 Å². The molecular formula is C22H21BrN2O3. The van der Waals surface area contributed by atoms with Gasteiger partial charge in [-0.2, -0.15) is 5.26 Å². The Kier molecular flexibility index (Phi) is 7.92. The lowest BCUT2D eigenvalue weighted by atomic mass is 10.1. The summed E-state index contributed by atoms with van der Waals surface area (Å²) in [5.41, 5.74) is 1.71. The molecule has 2 aromatic rings. The molecule has 0 saturated carbocycles. The van der Waals surface area contributed by atoms with Crippen LogP contribution in [-0.4, -0.2) is 31.6 Å². The van der Waals surface area contributed by atoms with Crippen molar-refractivity contribution in [3.8, 4) is 29.9 Å². The van der Waals surface area contributed by atoms with Crippen molar-refractivity contribution < 1.29 is 14.3 Å². The normalized spacial score (nSPS) is 11.0. The number of nitrogens with zero attached hydrogens (tertiary/aromatic N) is 2. The molecule has 28 heavy (non-hydrogen) atoms. The number of rotatable bonds is 8. The highest BCUT2D eigenvalue weighted by molar-refractivity contribution is 9.10. The fourth-order valence-electron chi connectivity index (χ4n) is 2.71. The minimum absolute atomic E-state index is 0.110. The maximum Gasteiger partial charge on any atom is 0.223 e. The van der Waals surface area contributed by atoms with E-state index in [4.69, 9.17) is 15.9 Å². The SMILES string of the molecule is C#CCOc1ccc(CCC(=O)N(C)C(C#N)c2ccc(Br)cc2)cc1OC. The lowest BCUT2D eigenvalue weighted by Crippen LogP contribution is -2.30. The van der Waals surface area contributed by atoms with Gasteiger partial charge in [0, 0.05) is 17.9 Å². The zero-order chi connectivity index (χ0) is 20.5. The molecule has 0 fully saturated rings. The zero-order valence-corrected chi connectivity index (χ0v) is 17.4. The molecule has 0 N–H and O–H groups in total. The van der Waals surface area contributed by atoms with Crippen LogP contribution in [0.2, 0.25) is 0 Å². The highest BCUT2D eigenvalue weighted by Crippen LogP contribution is 2.29. The summed E-state index contributed by atoms with van der Waals surface area (Å²) >= 11 is 3.37. The van der Waals surface area contributed by atoms with Crippen molar-refractivity contribution in [2.45, 2.75) is 18.9 Å². The molecule has 144 valence electrons. The summed E-state index contributed by atoms with van der Waals surface area (Å²) in [5, 5.41) is 9.52. The van der Waals surface area contributed by atoms with Gasteiger partial charge in [-0.05, 0) is 41.8 Å². The quantitative estimate of drug-likeness (QED) is 0.579. The highest BCUT2D eigenvalue weighted by Gasteiger charge is 2.21. The Morgan fingerprint density at radius 2 is 1.96 bits per heavy atom. The minimum Gasteiger partial charge on any atom is -0.493 e. The van der Waals surface area contributed by atoms with E-state index in [9.17, 15) is 10.1 Å². The first-order valence-electron chi connectivity index (χ1n) is 8.64. The van der Waals surface area contributed by atoms with E-state index in [0.717, 1.165) is 15.6 Å². The predicted molar refractivity (Wildman–Crippen MR) is 111 cm³/mol. The van der Waals surface area contributed by atoms with Gasteiger partial charge in [0.25, 0.3) is 0 Å². The number of ether oxygens (including phenoxy) is 2. The fraction of sp³-hybridized carbons (Fsp3) is 0.273. The maximum atomic E-state index is 12.6. The van der Waals surface area contributed by atoms with Crippen LogP contribution in [0.3, 0.4) is 0 Å². The van der Waals surface area contributed by atoms with E-state index < -0.39 is 6.04 Å². The summed E-state index contributed by atoms with van der Waals surface area (Å²) in [4.78, 5) is 14.1. The third kappa shape index (κ3) is 5.52. The number of carbonyl (C=O) groups excluding carboxylic acids is 1. The molecule has 0 radical (unpaired) electrons. The lowest BCUT2D eigenvalue weighted by Gasteiger charge is -2.23. The van der Waals surface area contributed by atoms with E-state index in [2.05, 4.69) is 27.9 Å². The molecule has 1 amide bonds. The van der Waals surface area contributed by atoms with Crippen molar-refractivity contribution in [1.29, 1.82) is 5.26 Å². The number of amides is 1. The van der Waals surface area contributed by atoms with Crippen LogP contribution >= 0.6 is 15.9 Å². The molecule has 0 heterocycles. The van der Waals surface area contributed by atoms with Crippen LogP contribution in [0.15, 0.2) is 46.9 Å². The first-order valence-corrected chi connectivity index (χ1v) is 9.43. The predicted octanol–water partition coefficient (Wildman–Crippen LogP) is 4.13. The van der Waals surface area contributed by atoms with E-state index in [-0.39, 0.29) is 18.9 Å². The van der Waals surface area contributed by atoms with Crippen molar-refractivity contribution in [3.05, 3.63) is 58.1 Å². The largest absolute Gasteiger partial charge is 0.493 e. The number of carbonyl (C=O) groups is 1. The van der Waals surface area contributed by atoms with Gasteiger partial charge in [0.2, 0.25) is 5.91 Å². The number of halogens is 1. The fourth-order valence-corrected chi connectivity index (χ4v) is 2.97. The van der Waals surface area contributed by atoms with Crippen molar-refractivity contribution in [1.82, 2.24) is 4.90 Å². The second-order valence-electron chi connectivity index (χ2n) is 6.07. The Morgan fingerprint density at radius 1 is 1.25 bits per heavy atom. The van der Waals surface area contributed by atoms with E-state index >= 15 is 0 Å². The summed E-state index contributed by atoms with van der Waals surface area (Å²) in [6.07, 6.45) is 6.01. The van der Waals surface area contributed by atoms with Gasteiger partial charge < -0.3 is 14.4 Å². The average molecular weight is 441 g/mol. The Balaban J connectivity index is 2.03. The van der Waals surface area contributed by atoms with Crippen molar-refractivity contribution >= 4 is 21.8 Å². The third-order valence-corrected chi connectivity index (χ3v) is 4.78. The van der Waals surface area contributed by atoms with Gasteiger partial charge in [0.1, 0.15) is 12.6 Å². The second-order valence-corrected chi connectivity index (χ2v) is 6.98. The minimum atomic E-state index is -0.630. The summed E-state index contributed by atoms with van der Waals surface area (Å²) in [7, 11) is 3.20. The molecule has 1 atom stereocenters. The molecule has 0 aliphatic carbocycles. The summed E-state index contributed by atoms with van der Waals surface area (Å²) in [6, 6.07) is 14.4. The Morgan fingerprint density at radius 3 is 2.57 bits per heavy atom. The topological polar surface area (TPSA) is 62.6 Å². The molecule has 2 rings (SSSR count). The van der Waals surface area contributed by atoms with Crippen LogP contribution in [0.1, 0.15) is 23.6 Å². The van der Waals surface area contributed by atoms with Gasteiger partial charge in [0.05, 0.1) is 13.2 Å². The zero-order valence-electron chi connectivity index (χ0n) is 15.8. The molecule has 0 aliphatic rings. The number of aryl methyl sites for hydroxylation is 1. The molecule has 2 aromatic carbocycles. The van der Waals surface area contributed by atoms with Gasteiger partial charge >= 0.3 is 0 Å². The lowest BCUT2D eigenvalue weighted by molar-refractivity contribution is -0.131. The van der Waals surface area contributed by atoms with Gasteiger partial charge in [-0.1, -0.05) is 40.0 Å². The van der Waals surface area contributed by atoms with E-state index in [1.54, 1.807) is 20.2 Å². The molecular weight excluding hydrogens is 420 g/mol. The molecule has 1 unspecified atom stereocenters. The molecule has 0 aliphatic heterocycles. The summed E-state index contributed by atoms with van der Waals surface area (Å²) < 4.78 is 11.7. The number of hydrogen-bond donors (Lipinski definition) is 0. The maximum absolute atomic E-state index is 12.6. The number of nitriles is 1. The molecule has 0 saturated heterocycles. The van der Waals surface area contributed by atoms with Crippen LogP contribution in [0, 0.1) is 23.7 Å². The Bertz CT molecular complexity index is 897. The first-order chi connectivity index (χ1) is 13.5. The van der Waals surface area contributed by atoms with E-state index in [1.165, 1.54) is 4.90 Å². The number of methoxy groups -OCH3 is 1. The summed E-state index contributed by atoms with van der Waals surface area (Å²) in [5.74, 6) is 3.43. The van der Waals surface area contributed by atoms with Crippen LogP contribution in [0.4, 0.5) is 0 Å². The van der Waals surface area contributed by atoms with E-state index in [1.807, 2.05) is 36.4 Å². The van der Waals surface area contributed by atoms with Crippen LogP contribution in [-0.2, 0) is 11.2 Å². The first kappa shape index (κ1) is 21.3. The standard InChI is InChI=1S/C22H21BrN2O3/c1-4-13-28-20-11-5-16(14-21(20)27-3)6-12-22(26)25(2)19(15-24)17-7-9-18(23)10-8-17/h1,5,7-11,14,19H,6,12-13H2,2-3H3. The molecule has 0 spiro atoms. The van der Waals surface area contributed by atoms with Gasteiger partial charge in [-0.25, -0.2) is 0 Å². The number of hydrogen-bond acceptors (Lipinski definition) is 4. The molecule has 0 aromatic heterocycles. The number of benzene rings is 2. The molecule has 0 bridgehead atoms. The second kappa shape index (κ2) is 10.4. The van der Waals surface area contributed by atoms with Crippen molar-refractivity contribution in [2.75, 3.05) is 20.8 Å². The molecule has 6 heteroatoms. The molecule has 5 nitrogen and oxygen atoms in total. The third-order valence-electron chi connectivity index (χ3n) is 4.26. The average Bonchev–Trinajstić information content (AvgIpc) is 2.72. The smallest absolute Gasteiger partial charge is 0.223 e. The van der Waals surface area contributed by atoms with Crippen LogP contribution in [0.5, 0.6) is 11.5 Å². The van der Waals surface area contributed by atoms with Crippen LogP contribution < -0.4 is 9.47 Å². The van der Waals surface area contributed by atoms with Crippen molar-refractivity contribution in [2.24, 2.45) is 0 Å². The number of terminal acetylenes is 1. The summed E-state index contributed by atoms with van der Waals surface area (Å²) in [6.45, 7) is 0.157. The highest BCUT2D eigenvalue weighted by atomic mass is 79.9. The Hall–Kier alpha value is -2.96.